The highest BCUT2D eigenvalue weighted by Gasteiger charge is 2.32. The van der Waals surface area contributed by atoms with Crippen molar-refractivity contribution < 1.29 is 5.11 Å². The Morgan fingerprint density at radius 2 is 1.70 bits per heavy atom. The normalized spacial score (nSPS) is 28.3. The summed E-state index contributed by atoms with van der Waals surface area (Å²) in [7, 11) is 0. The molecule has 110 valence electrons. The monoisotopic (exact) mass is 337 g/mol. The van der Waals surface area contributed by atoms with Crippen LogP contribution >= 0.6 is 15.9 Å². The number of nitrogens with zero attached hydrogens (tertiary/aromatic N) is 1. The Morgan fingerprint density at radius 1 is 1.05 bits per heavy atom. The van der Waals surface area contributed by atoms with Crippen molar-refractivity contribution in [2.45, 2.75) is 31.6 Å². The number of aliphatic hydroxyl groups excluding tert-OH is 1. The van der Waals surface area contributed by atoms with Crippen molar-refractivity contribution in [3.05, 3.63) is 34.3 Å². The van der Waals surface area contributed by atoms with Crippen LogP contribution in [0.3, 0.4) is 0 Å². The van der Waals surface area contributed by atoms with Gasteiger partial charge in [0.2, 0.25) is 0 Å². The fourth-order valence-electron chi connectivity index (χ4n) is 3.61. The zero-order valence-electron chi connectivity index (χ0n) is 12.0. The molecule has 0 radical (unpaired) electrons. The van der Waals surface area contributed by atoms with Gasteiger partial charge in [-0.25, -0.2) is 0 Å². The zero-order valence-corrected chi connectivity index (χ0v) is 13.6. The van der Waals surface area contributed by atoms with Gasteiger partial charge in [-0.2, -0.15) is 0 Å². The number of likely N-dealkylation sites (tertiary alicyclic amines) is 1. The summed E-state index contributed by atoms with van der Waals surface area (Å²) in [4.78, 5) is 2.61. The van der Waals surface area contributed by atoms with E-state index in [9.17, 15) is 5.11 Å². The molecule has 0 aromatic heterocycles. The second kappa shape index (κ2) is 6.59. The molecule has 3 rings (SSSR count). The van der Waals surface area contributed by atoms with Gasteiger partial charge in [0.1, 0.15) is 0 Å². The third-order valence-corrected chi connectivity index (χ3v) is 5.59. The van der Waals surface area contributed by atoms with E-state index >= 15 is 0 Å². The molecular weight excluding hydrogens is 314 g/mol. The van der Waals surface area contributed by atoms with Crippen LogP contribution < -0.4 is 0 Å². The number of piperidine rings is 1. The predicted molar refractivity (Wildman–Crippen MR) is 85.9 cm³/mol. The van der Waals surface area contributed by atoms with E-state index in [1.165, 1.54) is 55.4 Å². The lowest BCUT2D eigenvalue weighted by molar-refractivity contribution is 0.0974. The minimum absolute atomic E-state index is 0.378. The molecule has 0 amide bonds. The summed E-state index contributed by atoms with van der Waals surface area (Å²) >= 11 is 3.50. The smallest absolute Gasteiger partial charge is 0.0460 e. The fraction of sp³-hybridized carbons (Fsp3) is 0.647. The van der Waals surface area contributed by atoms with Crippen molar-refractivity contribution in [1.29, 1.82) is 0 Å². The summed E-state index contributed by atoms with van der Waals surface area (Å²) < 4.78 is 1.17. The van der Waals surface area contributed by atoms with Crippen LogP contribution in [0.1, 0.15) is 37.2 Å². The lowest BCUT2D eigenvalue weighted by atomic mass is 9.71. The molecule has 1 saturated carbocycles. The Balaban J connectivity index is 1.41. The topological polar surface area (TPSA) is 23.5 Å². The first-order chi connectivity index (χ1) is 9.74. The molecule has 0 bridgehead atoms. The minimum Gasteiger partial charge on any atom is -0.396 e. The van der Waals surface area contributed by atoms with Gasteiger partial charge in [0.25, 0.3) is 0 Å². The molecule has 0 atom stereocenters. The maximum atomic E-state index is 9.17. The fourth-order valence-corrected chi connectivity index (χ4v) is 3.87. The molecule has 1 heterocycles. The largest absolute Gasteiger partial charge is 0.396 e. The van der Waals surface area contributed by atoms with Crippen molar-refractivity contribution in [1.82, 2.24) is 4.90 Å². The summed E-state index contributed by atoms with van der Waals surface area (Å²) in [5.74, 6) is 2.22. The average Bonchev–Trinajstić information content (AvgIpc) is 2.44. The molecule has 1 aromatic rings. The molecule has 1 aliphatic carbocycles. The zero-order chi connectivity index (χ0) is 13.9. The second-order valence-electron chi connectivity index (χ2n) is 6.51. The van der Waals surface area contributed by atoms with Gasteiger partial charge < -0.3 is 10.0 Å². The number of halogens is 1. The molecular formula is C17H24BrNO. The molecule has 1 aromatic carbocycles. The Kier molecular flexibility index (Phi) is 4.79. The molecule has 2 nitrogen and oxygen atoms in total. The number of aliphatic hydroxyl groups is 1. The highest BCUT2D eigenvalue weighted by Crippen LogP contribution is 2.42. The highest BCUT2D eigenvalue weighted by atomic mass is 79.9. The van der Waals surface area contributed by atoms with Gasteiger partial charge in [0, 0.05) is 17.6 Å². The standard InChI is InChI=1S/C17H24BrNO/c18-17-3-1-15(2-4-17)16-9-14(10-16)11-19-7-5-13(12-20)6-8-19/h1-4,13-14,16,20H,5-12H2. The number of hydrogen-bond acceptors (Lipinski definition) is 2. The molecule has 3 heteroatoms. The van der Waals surface area contributed by atoms with Crippen molar-refractivity contribution in [3.8, 4) is 0 Å². The Bertz CT molecular complexity index is 419. The lowest BCUT2D eigenvalue weighted by Crippen LogP contribution is -2.40. The van der Waals surface area contributed by atoms with Gasteiger partial charge in [-0.3, -0.25) is 0 Å². The molecule has 0 unspecified atom stereocenters. The summed E-state index contributed by atoms with van der Waals surface area (Å²) in [6.45, 7) is 4.02. The second-order valence-corrected chi connectivity index (χ2v) is 7.43. The van der Waals surface area contributed by atoms with Gasteiger partial charge in [-0.15, -0.1) is 0 Å². The van der Waals surface area contributed by atoms with E-state index in [4.69, 9.17) is 0 Å². The number of hydrogen-bond donors (Lipinski definition) is 1. The van der Waals surface area contributed by atoms with Crippen molar-refractivity contribution in [2.24, 2.45) is 11.8 Å². The molecule has 0 spiro atoms. The quantitative estimate of drug-likeness (QED) is 0.906. The van der Waals surface area contributed by atoms with Crippen molar-refractivity contribution in [3.63, 3.8) is 0 Å². The first kappa shape index (κ1) is 14.6. The van der Waals surface area contributed by atoms with E-state index in [0.717, 1.165) is 11.8 Å². The first-order valence-electron chi connectivity index (χ1n) is 7.83. The number of rotatable bonds is 4. The van der Waals surface area contributed by atoms with Crippen LogP contribution in [0, 0.1) is 11.8 Å². The summed E-state index contributed by atoms with van der Waals surface area (Å²) in [6.07, 6.45) is 5.06. The number of benzene rings is 1. The maximum absolute atomic E-state index is 9.17. The van der Waals surface area contributed by atoms with E-state index < -0.39 is 0 Å². The summed E-state index contributed by atoms with van der Waals surface area (Å²) in [6, 6.07) is 8.83. The average molecular weight is 338 g/mol. The molecule has 1 aliphatic heterocycles. The van der Waals surface area contributed by atoms with Gasteiger partial charge in [-0.05, 0) is 74.2 Å². The van der Waals surface area contributed by atoms with E-state index in [2.05, 4.69) is 45.1 Å². The Labute approximate surface area is 130 Å². The van der Waals surface area contributed by atoms with Gasteiger partial charge in [0.05, 0.1) is 0 Å². The third kappa shape index (κ3) is 3.44. The van der Waals surface area contributed by atoms with Crippen LogP contribution in [0.25, 0.3) is 0 Å². The van der Waals surface area contributed by atoms with Crippen molar-refractivity contribution >= 4 is 15.9 Å². The first-order valence-corrected chi connectivity index (χ1v) is 8.62. The summed E-state index contributed by atoms with van der Waals surface area (Å²) in [5.41, 5.74) is 1.50. The molecule has 20 heavy (non-hydrogen) atoms. The maximum Gasteiger partial charge on any atom is 0.0460 e. The van der Waals surface area contributed by atoms with Crippen LogP contribution in [0.4, 0.5) is 0 Å². The van der Waals surface area contributed by atoms with Crippen molar-refractivity contribution in [2.75, 3.05) is 26.2 Å². The molecule has 1 saturated heterocycles. The Hall–Kier alpha value is -0.380. The van der Waals surface area contributed by atoms with Crippen LogP contribution in [0.5, 0.6) is 0 Å². The lowest BCUT2D eigenvalue weighted by Gasteiger charge is -2.41. The Morgan fingerprint density at radius 3 is 2.30 bits per heavy atom. The van der Waals surface area contributed by atoms with Gasteiger partial charge in [0.15, 0.2) is 0 Å². The van der Waals surface area contributed by atoms with Gasteiger partial charge >= 0.3 is 0 Å². The highest BCUT2D eigenvalue weighted by molar-refractivity contribution is 9.10. The SMILES string of the molecule is OCC1CCN(CC2CC(c3ccc(Br)cc3)C2)CC1. The molecule has 2 aliphatic rings. The van der Waals surface area contributed by atoms with Crippen LogP contribution in [-0.4, -0.2) is 36.2 Å². The van der Waals surface area contributed by atoms with E-state index in [0.29, 0.717) is 12.5 Å². The van der Waals surface area contributed by atoms with E-state index in [-0.39, 0.29) is 0 Å². The molecule has 1 N–H and O–H groups in total. The summed E-state index contributed by atoms with van der Waals surface area (Å²) in [5, 5.41) is 9.17. The van der Waals surface area contributed by atoms with E-state index in [1.807, 2.05) is 0 Å². The van der Waals surface area contributed by atoms with Crippen LogP contribution in [0.15, 0.2) is 28.7 Å². The third-order valence-electron chi connectivity index (χ3n) is 5.06. The molecule has 2 fully saturated rings. The van der Waals surface area contributed by atoms with Gasteiger partial charge in [-0.1, -0.05) is 28.1 Å². The van der Waals surface area contributed by atoms with Crippen LogP contribution in [-0.2, 0) is 0 Å². The predicted octanol–water partition coefficient (Wildman–Crippen LogP) is 3.65. The van der Waals surface area contributed by atoms with Crippen LogP contribution in [0.2, 0.25) is 0 Å². The minimum atomic E-state index is 0.378. The van der Waals surface area contributed by atoms with E-state index in [1.54, 1.807) is 0 Å².